The van der Waals surface area contributed by atoms with Gasteiger partial charge in [0.1, 0.15) is 18.1 Å². The van der Waals surface area contributed by atoms with Crippen molar-refractivity contribution in [1.82, 2.24) is 14.8 Å². The highest BCUT2D eigenvalue weighted by molar-refractivity contribution is 5.66. The van der Waals surface area contributed by atoms with Gasteiger partial charge >= 0.3 is 11.7 Å². The highest BCUT2D eigenvalue weighted by Crippen LogP contribution is 2.13. The Bertz CT molecular complexity index is 627. The average Bonchev–Trinajstić information content (AvgIpc) is 2.72. The van der Waals surface area contributed by atoms with Crippen LogP contribution in [0.2, 0.25) is 0 Å². The summed E-state index contributed by atoms with van der Waals surface area (Å²) < 4.78 is 6.15. The van der Waals surface area contributed by atoms with Gasteiger partial charge in [-0.05, 0) is 17.7 Å². The van der Waals surface area contributed by atoms with Gasteiger partial charge in [0.25, 0.3) is 0 Å². The maximum Gasteiger partial charge on any atom is 0.343 e. The van der Waals surface area contributed by atoms with Gasteiger partial charge in [0.05, 0.1) is 7.11 Å². The quantitative estimate of drug-likeness (QED) is 0.806. The Morgan fingerprint density at radius 1 is 1.42 bits per heavy atom. The Balaban J connectivity index is 2.22. The number of aromatic nitrogens is 3. The molecule has 0 fully saturated rings. The smallest absolute Gasteiger partial charge is 0.343 e. The lowest BCUT2D eigenvalue weighted by molar-refractivity contribution is -0.137. The number of aliphatic carboxylic acids is 1. The molecule has 1 aromatic carbocycles. The predicted octanol–water partition coefficient (Wildman–Crippen LogP) is 0.255. The van der Waals surface area contributed by atoms with Crippen molar-refractivity contribution < 1.29 is 14.6 Å². The molecular formula is C12H13N3O4. The first-order valence-electron chi connectivity index (χ1n) is 5.59. The number of carboxylic acid groups (broad SMARTS) is 1. The Kier molecular flexibility index (Phi) is 3.65. The van der Waals surface area contributed by atoms with Crippen LogP contribution < -0.4 is 10.4 Å². The van der Waals surface area contributed by atoms with E-state index in [0.29, 0.717) is 12.2 Å². The lowest BCUT2D eigenvalue weighted by atomic mass is 10.1. The summed E-state index contributed by atoms with van der Waals surface area (Å²) in [6.07, 6.45) is 0.371. The Hall–Kier alpha value is -2.57. The standard InChI is InChI=1S/C12H13N3O4/c1-19-9-4-2-8(3-5-9)6-10-13-14-12(18)15(10)7-11(16)17/h2-5H,6-7H2,1H3,(H,14,18)(H,16,17). The highest BCUT2D eigenvalue weighted by atomic mass is 16.5. The van der Waals surface area contributed by atoms with Crippen LogP contribution in [0, 0.1) is 0 Å². The molecule has 100 valence electrons. The summed E-state index contributed by atoms with van der Waals surface area (Å²) in [7, 11) is 1.58. The van der Waals surface area contributed by atoms with Crippen molar-refractivity contribution in [2.24, 2.45) is 0 Å². The zero-order valence-corrected chi connectivity index (χ0v) is 10.3. The van der Waals surface area contributed by atoms with E-state index in [1.165, 1.54) is 0 Å². The summed E-state index contributed by atoms with van der Waals surface area (Å²) in [4.78, 5) is 22.1. The third-order valence-electron chi connectivity index (χ3n) is 2.65. The Labute approximate surface area is 108 Å². The van der Waals surface area contributed by atoms with Gasteiger partial charge in [-0.15, -0.1) is 0 Å². The molecule has 2 aromatic rings. The fraction of sp³-hybridized carbons (Fsp3) is 0.250. The molecule has 7 heteroatoms. The summed E-state index contributed by atoms with van der Waals surface area (Å²) in [5.41, 5.74) is 0.386. The van der Waals surface area contributed by atoms with Gasteiger partial charge < -0.3 is 9.84 Å². The van der Waals surface area contributed by atoms with Gasteiger partial charge in [-0.25, -0.2) is 9.89 Å². The fourth-order valence-electron chi connectivity index (χ4n) is 1.71. The number of H-pyrrole nitrogens is 1. The molecule has 1 heterocycles. The third kappa shape index (κ3) is 3.01. The molecule has 0 radical (unpaired) electrons. The monoisotopic (exact) mass is 263 g/mol. The van der Waals surface area contributed by atoms with E-state index >= 15 is 0 Å². The number of methoxy groups -OCH3 is 1. The Morgan fingerprint density at radius 3 is 2.68 bits per heavy atom. The molecule has 0 spiro atoms. The largest absolute Gasteiger partial charge is 0.497 e. The molecule has 0 aliphatic rings. The molecular weight excluding hydrogens is 250 g/mol. The maximum absolute atomic E-state index is 11.4. The summed E-state index contributed by atoms with van der Waals surface area (Å²) >= 11 is 0. The number of carbonyl (C=O) groups is 1. The first kappa shape index (κ1) is 12.9. The van der Waals surface area contributed by atoms with Crippen molar-refractivity contribution in [3.8, 4) is 5.75 Å². The van der Waals surface area contributed by atoms with Crippen LogP contribution in [-0.2, 0) is 17.8 Å². The van der Waals surface area contributed by atoms with Gasteiger partial charge in [0.2, 0.25) is 0 Å². The van der Waals surface area contributed by atoms with Crippen LogP contribution in [0.1, 0.15) is 11.4 Å². The molecule has 0 amide bonds. The van der Waals surface area contributed by atoms with Gasteiger partial charge in [-0.2, -0.15) is 5.10 Å². The molecule has 0 aliphatic heterocycles. The SMILES string of the molecule is COc1ccc(Cc2n[nH]c(=O)n2CC(=O)O)cc1. The van der Waals surface area contributed by atoms with Gasteiger partial charge in [0.15, 0.2) is 0 Å². The normalized spacial score (nSPS) is 10.4. The topological polar surface area (TPSA) is 97.2 Å². The minimum Gasteiger partial charge on any atom is -0.497 e. The third-order valence-corrected chi connectivity index (χ3v) is 2.65. The van der Waals surface area contributed by atoms with Gasteiger partial charge in [-0.3, -0.25) is 9.36 Å². The number of nitrogens with one attached hydrogen (secondary N) is 1. The molecule has 1 aromatic heterocycles. The first-order chi connectivity index (χ1) is 9.10. The molecule has 2 rings (SSSR count). The number of hydrogen-bond acceptors (Lipinski definition) is 4. The lowest BCUT2D eigenvalue weighted by Crippen LogP contribution is -2.23. The second-order valence-electron chi connectivity index (χ2n) is 3.95. The number of benzene rings is 1. The van der Waals surface area contributed by atoms with Crippen LogP contribution in [0.4, 0.5) is 0 Å². The molecule has 0 saturated heterocycles. The molecule has 0 atom stereocenters. The van der Waals surface area contributed by atoms with Gasteiger partial charge in [-0.1, -0.05) is 12.1 Å². The van der Waals surface area contributed by atoms with Crippen molar-refractivity contribution in [2.75, 3.05) is 7.11 Å². The molecule has 0 aliphatic carbocycles. The van der Waals surface area contributed by atoms with E-state index in [-0.39, 0.29) is 0 Å². The van der Waals surface area contributed by atoms with Crippen LogP contribution in [-0.4, -0.2) is 33.0 Å². The van der Waals surface area contributed by atoms with E-state index in [4.69, 9.17) is 9.84 Å². The van der Waals surface area contributed by atoms with Crippen LogP contribution in [0.15, 0.2) is 29.1 Å². The average molecular weight is 263 g/mol. The summed E-state index contributed by atoms with van der Waals surface area (Å²) in [6.45, 7) is -0.402. The van der Waals surface area contributed by atoms with Crippen LogP contribution >= 0.6 is 0 Å². The van der Waals surface area contributed by atoms with E-state index in [9.17, 15) is 9.59 Å². The van der Waals surface area contributed by atoms with E-state index in [2.05, 4.69) is 10.2 Å². The number of nitrogens with zero attached hydrogens (tertiary/aromatic N) is 2. The summed E-state index contributed by atoms with van der Waals surface area (Å²) in [5.74, 6) is 0.0331. The second-order valence-corrected chi connectivity index (χ2v) is 3.95. The van der Waals surface area contributed by atoms with Crippen molar-refractivity contribution in [1.29, 1.82) is 0 Å². The van der Waals surface area contributed by atoms with Crippen molar-refractivity contribution >= 4 is 5.97 Å². The highest BCUT2D eigenvalue weighted by Gasteiger charge is 2.11. The number of aromatic amines is 1. The van der Waals surface area contributed by atoms with E-state index in [1.807, 2.05) is 12.1 Å². The van der Waals surface area contributed by atoms with Crippen LogP contribution in [0.3, 0.4) is 0 Å². The maximum atomic E-state index is 11.4. The first-order valence-corrected chi connectivity index (χ1v) is 5.59. The number of ether oxygens (including phenoxy) is 1. The van der Waals surface area contributed by atoms with Crippen LogP contribution in [0.5, 0.6) is 5.75 Å². The summed E-state index contributed by atoms with van der Waals surface area (Å²) in [6, 6.07) is 7.26. The minimum atomic E-state index is -1.08. The van der Waals surface area contributed by atoms with Crippen molar-refractivity contribution in [2.45, 2.75) is 13.0 Å². The second kappa shape index (κ2) is 5.38. The molecule has 0 unspecified atom stereocenters. The fourth-order valence-corrected chi connectivity index (χ4v) is 1.71. The summed E-state index contributed by atoms with van der Waals surface area (Å²) in [5, 5.41) is 14.8. The molecule has 2 N–H and O–H groups in total. The van der Waals surface area contributed by atoms with Crippen molar-refractivity contribution in [3.63, 3.8) is 0 Å². The molecule has 0 saturated carbocycles. The van der Waals surface area contributed by atoms with Crippen molar-refractivity contribution in [3.05, 3.63) is 46.1 Å². The molecule has 19 heavy (non-hydrogen) atoms. The number of hydrogen-bond donors (Lipinski definition) is 2. The Morgan fingerprint density at radius 2 is 2.11 bits per heavy atom. The lowest BCUT2D eigenvalue weighted by Gasteiger charge is -2.04. The van der Waals surface area contributed by atoms with E-state index in [0.717, 1.165) is 15.9 Å². The molecule has 7 nitrogen and oxygen atoms in total. The predicted molar refractivity (Wildman–Crippen MR) is 66.3 cm³/mol. The van der Waals surface area contributed by atoms with Crippen LogP contribution in [0.25, 0.3) is 0 Å². The molecule has 0 bridgehead atoms. The number of rotatable bonds is 5. The van der Waals surface area contributed by atoms with E-state index < -0.39 is 18.2 Å². The number of carboxylic acids is 1. The zero-order valence-electron chi connectivity index (χ0n) is 10.3. The zero-order chi connectivity index (χ0) is 13.8. The minimum absolute atomic E-state index is 0.371. The van der Waals surface area contributed by atoms with Gasteiger partial charge in [0, 0.05) is 6.42 Å². The van der Waals surface area contributed by atoms with E-state index in [1.54, 1.807) is 19.2 Å².